The van der Waals surface area contributed by atoms with Gasteiger partial charge >= 0.3 is 0 Å². The highest BCUT2D eigenvalue weighted by Crippen LogP contribution is 2.20. The molecule has 3 nitrogen and oxygen atoms in total. The van der Waals surface area contributed by atoms with Crippen LogP contribution in [0.15, 0.2) is 18.2 Å². The van der Waals surface area contributed by atoms with Gasteiger partial charge in [0.25, 0.3) is 0 Å². The van der Waals surface area contributed by atoms with Crippen LogP contribution in [0.1, 0.15) is 48.8 Å². The lowest BCUT2D eigenvalue weighted by atomic mass is 10.0. The lowest BCUT2D eigenvalue weighted by molar-refractivity contribution is -0.120. The van der Waals surface area contributed by atoms with Gasteiger partial charge in [-0.2, -0.15) is 0 Å². The van der Waals surface area contributed by atoms with Crippen molar-refractivity contribution in [2.24, 2.45) is 0 Å². The maximum absolute atomic E-state index is 11.9. The first kappa shape index (κ1) is 16.0. The molecule has 3 heteroatoms. The molecule has 1 N–H and O–H groups in total. The van der Waals surface area contributed by atoms with E-state index in [1.165, 1.54) is 36.8 Å². The van der Waals surface area contributed by atoms with Gasteiger partial charge in [-0.3, -0.25) is 4.79 Å². The zero-order chi connectivity index (χ0) is 15.1. The number of carbonyl (C=O) groups excluding carboxylic acids is 1. The van der Waals surface area contributed by atoms with Crippen molar-refractivity contribution in [1.29, 1.82) is 0 Å². The third-order valence-electron chi connectivity index (χ3n) is 4.15. The molecule has 0 atom stereocenters. The van der Waals surface area contributed by atoms with Crippen molar-refractivity contribution in [3.05, 3.63) is 34.9 Å². The van der Waals surface area contributed by atoms with Gasteiger partial charge in [0.1, 0.15) is 0 Å². The molecule has 0 saturated heterocycles. The monoisotopic (exact) mass is 289 g/mol. The number of aryl methyl sites for hydroxylation is 2. The highest BCUT2D eigenvalue weighted by Gasteiger charge is 2.14. The van der Waals surface area contributed by atoms with Gasteiger partial charge in [-0.25, -0.2) is 0 Å². The van der Waals surface area contributed by atoms with Gasteiger partial charge in [-0.05, 0) is 44.2 Å². The summed E-state index contributed by atoms with van der Waals surface area (Å²) in [5.74, 6) is 0.0998. The van der Waals surface area contributed by atoms with E-state index >= 15 is 0 Å². The Balaban J connectivity index is 1.60. The Labute approximate surface area is 128 Å². The molecular formula is C18H27NO2. The molecular weight excluding hydrogens is 262 g/mol. The molecule has 2 rings (SSSR count). The molecule has 0 heterocycles. The number of carbonyl (C=O) groups is 1. The second-order valence-corrected chi connectivity index (χ2v) is 6.09. The Morgan fingerprint density at radius 2 is 2.05 bits per heavy atom. The molecule has 0 spiro atoms. The predicted molar refractivity (Wildman–Crippen MR) is 85.5 cm³/mol. The predicted octanol–water partition coefficient (Wildman–Crippen LogP) is 3.31. The van der Waals surface area contributed by atoms with Crippen LogP contribution < -0.4 is 5.32 Å². The van der Waals surface area contributed by atoms with Gasteiger partial charge in [0, 0.05) is 13.2 Å². The largest absolute Gasteiger partial charge is 0.378 e. The van der Waals surface area contributed by atoms with Gasteiger partial charge in [0.2, 0.25) is 5.91 Å². The summed E-state index contributed by atoms with van der Waals surface area (Å²) in [5, 5.41) is 2.98. The normalized spacial score (nSPS) is 15.3. The van der Waals surface area contributed by atoms with Crippen molar-refractivity contribution in [1.82, 2.24) is 5.32 Å². The molecule has 1 saturated carbocycles. The summed E-state index contributed by atoms with van der Waals surface area (Å²) in [7, 11) is 0. The molecule has 1 aliphatic rings. The fourth-order valence-corrected chi connectivity index (χ4v) is 2.88. The number of hydrogen-bond donors (Lipinski definition) is 1. The number of nitrogens with one attached hydrogen (secondary N) is 1. The number of amides is 1. The minimum Gasteiger partial charge on any atom is -0.378 e. The molecule has 1 fully saturated rings. The Morgan fingerprint density at radius 3 is 2.76 bits per heavy atom. The van der Waals surface area contributed by atoms with E-state index in [0.717, 1.165) is 18.6 Å². The van der Waals surface area contributed by atoms with Gasteiger partial charge in [0.05, 0.1) is 12.5 Å². The van der Waals surface area contributed by atoms with Crippen LogP contribution in [-0.2, 0) is 16.0 Å². The Bertz CT molecular complexity index is 464. The van der Waals surface area contributed by atoms with Crippen LogP contribution in [0.3, 0.4) is 0 Å². The molecule has 21 heavy (non-hydrogen) atoms. The third-order valence-corrected chi connectivity index (χ3v) is 4.15. The summed E-state index contributed by atoms with van der Waals surface area (Å²) in [6.07, 6.45) is 6.85. The molecule has 116 valence electrons. The molecule has 0 aliphatic heterocycles. The maximum atomic E-state index is 11.9. The van der Waals surface area contributed by atoms with Crippen molar-refractivity contribution in [3.8, 4) is 0 Å². The van der Waals surface area contributed by atoms with Crippen LogP contribution in [0.2, 0.25) is 0 Å². The first-order valence-electron chi connectivity index (χ1n) is 8.09. The quantitative estimate of drug-likeness (QED) is 0.782. The third kappa shape index (κ3) is 5.50. The van der Waals surface area contributed by atoms with Gasteiger partial charge in [-0.15, -0.1) is 0 Å². The van der Waals surface area contributed by atoms with Crippen molar-refractivity contribution in [3.63, 3.8) is 0 Å². The van der Waals surface area contributed by atoms with Crippen LogP contribution in [0.5, 0.6) is 0 Å². The lowest BCUT2D eigenvalue weighted by Crippen LogP contribution is -2.27. The standard InChI is InChI=1S/C18H27NO2/c1-14-8-9-16(15(2)12-14)13-18(20)19-10-5-11-21-17-6-3-4-7-17/h8-9,12,17H,3-7,10-11,13H2,1-2H3,(H,19,20). The number of benzene rings is 1. The maximum Gasteiger partial charge on any atom is 0.224 e. The van der Waals surface area contributed by atoms with E-state index in [0.29, 0.717) is 19.1 Å². The van der Waals surface area contributed by atoms with E-state index in [2.05, 4.69) is 31.3 Å². The Morgan fingerprint density at radius 1 is 1.29 bits per heavy atom. The Kier molecular flexibility index (Phi) is 6.24. The Hall–Kier alpha value is -1.35. The molecule has 0 radical (unpaired) electrons. The van der Waals surface area contributed by atoms with E-state index in [-0.39, 0.29) is 5.91 Å². The van der Waals surface area contributed by atoms with Gasteiger partial charge < -0.3 is 10.1 Å². The minimum atomic E-state index is 0.0998. The first-order valence-corrected chi connectivity index (χ1v) is 8.09. The van der Waals surface area contributed by atoms with Crippen molar-refractivity contribution in [2.45, 2.75) is 58.5 Å². The summed E-state index contributed by atoms with van der Waals surface area (Å²) in [6.45, 7) is 5.59. The number of rotatable bonds is 7. The van der Waals surface area contributed by atoms with E-state index in [4.69, 9.17) is 4.74 Å². The molecule has 0 aromatic heterocycles. The fraction of sp³-hybridized carbons (Fsp3) is 0.611. The van der Waals surface area contributed by atoms with Crippen molar-refractivity contribution >= 4 is 5.91 Å². The second kappa shape index (κ2) is 8.18. The molecule has 0 bridgehead atoms. The highest BCUT2D eigenvalue weighted by atomic mass is 16.5. The topological polar surface area (TPSA) is 38.3 Å². The van der Waals surface area contributed by atoms with Crippen LogP contribution >= 0.6 is 0 Å². The summed E-state index contributed by atoms with van der Waals surface area (Å²) >= 11 is 0. The second-order valence-electron chi connectivity index (χ2n) is 6.09. The van der Waals surface area contributed by atoms with Crippen LogP contribution in [-0.4, -0.2) is 25.2 Å². The average molecular weight is 289 g/mol. The smallest absolute Gasteiger partial charge is 0.224 e. The first-order chi connectivity index (χ1) is 10.1. The molecule has 1 aromatic rings. The SMILES string of the molecule is Cc1ccc(CC(=O)NCCCOC2CCCC2)c(C)c1. The van der Waals surface area contributed by atoms with Gasteiger partial charge in [0.15, 0.2) is 0 Å². The minimum absolute atomic E-state index is 0.0998. The number of ether oxygens (including phenoxy) is 1. The summed E-state index contributed by atoms with van der Waals surface area (Å²) < 4.78 is 5.78. The van der Waals surface area contributed by atoms with E-state index in [1.54, 1.807) is 0 Å². The fourth-order valence-electron chi connectivity index (χ4n) is 2.88. The zero-order valence-electron chi connectivity index (χ0n) is 13.3. The van der Waals surface area contributed by atoms with Crippen LogP contribution in [0, 0.1) is 13.8 Å². The zero-order valence-corrected chi connectivity index (χ0v) is 13.3. The summed E-state index contributed by atoms with van der Waals surface area (Å²) in [4.78, 5) is 11.9. The van der Waals surface area contributed by atoms with Gasteiger partial charge in [-0.1, -0.05) is 36.6 Å². The number of hydrogen-bond acceptors (Lipinski definition) is 2. The van der Waals surface area contributed by atoms with E-state index in [1.807, 2.05) is 6.07 Å². The summed E-state index contributed by atoms with van der Waals surface area (Å²) in [6, 6.07) is 6.23. The highest BCUT2D eigenvalue weighted by molar-refractivity contribution is 5.78. The summed E-state index contributed by atoms with van der Waals surface area (Å²) in [5.41, 5.74) is 3.54. The van der Waals surface area contributed by atoms with Crippen molar-refractivity contribution in [2.75, 3.05) is 13.2 Å². The van der Waals surface area contributed by atoms with Crippen molar-refractivity contribution < 1.29 is 9.53 Å². The average Bonchev–Trinajstić information content (AvgIpc) is 2.95. The lowest BCUT2D eigenvalue weighted by Gasteiger charge is -2.11. The van der Waals surface area contributed by atoms with E-state index in [9.17, 15) is 4.79 Å². The molecule has 1 aliphatic carbocycles. The molecule has 1 amide bonds. The molecule has 1 aromatic carbocycles. The van der Waals surface area contributed by atoms with Crippen LogP contribution in [0.25, 0.3) is 0 Å². The van der Waals surface area contributed by atoms with E-state index < -0.39 is 0 Å². The molecule has 0 unspecified atom stereocenters. The van der Waals surface area contributed by atoms with Crippen LogP contribution in [0.4, 0.5) is 0 Å².